The van der Waals surface area contributed by atoms with Crippen LogP contribution in [-0.2, 0) is 13.8 Å². The number of ether oxygens (including phenoxy) is 1. The zero-order valence-corrected chi connectivity index (χ0v) is 25.1. The van der Waals surface area contributed by atoms with Crippen LogP contribution in [0.4, 0.5) is 4.39 Å². The van der Waals surface area contributed by atoms with Crippen LogP contribution in [-0.4, -0.2) is 61.3 Å². The Morgan fingerprint density at radius 3 is 2.50 bits per heavy atom. The van der Waals surface area contributed by atoms with Gasteiger partial charge < -0.3 is 13.8 Å². The Morgan fingerprint density at radius 2 is 1.94 bits per heavy atom. The van der Waals surface area contributed by atoms with Crippen LogP contribution < -0.4 is 11.2 Å². The molecule has 2 rings (SSSR count). The first kappa shape index (κ1) is 30.1. The number of nitrogens with zero attached hydrogens (tertiary/aromatic N) is 2. The van der Waals surface area contributed by atoms with E-state index in [0.29, 0.717) is 11.9 Å². The van der Waals surface area contributed by atoms with Crippen molar-refractivity contribution >= 4 is 30.1 Å². The van der Waals surface area contributed by atoms with Gasteiger partial charge >= 0.3 is 5.69 Å². The van der Waals surface area contributed by atoms with E-state index in [1.807, 2.05) is 49.3 Å². The van der Waals surface area contributed by atoms with Crippen LogP contribution in [0.15, 0.2) is 21.9 Å². The first-order valence-corrected chi connectivity index (χ1v) is 15.7. The van der Waals surface area contributed by atoms with Crippen molar-refractivity contribution in [2.75, 3.05) is 6.61 Å². The molecule has 2 heterocycles. The fourth-order valence-corrected chi connectivity index (χ4v) is 7.85. The zero-order valence-electron chi connectivity index (χ0n) is 23.6. The van der Waals surface area contributed by atoms with Gasteiger partial charge in [-0.3, -0.25) is 14.3 Å². The molecule has 0 bridgehead atoms. The maximum Gasteiger partial charge on any atom is 0.330 e. The van der Waals surface area contributed by atoms with Gasteiger partial charge in [-0.05, 0) is 47.4 Å². The molecule has 1 aromatic heterocycles. The summed E-state index contributed by atoms with van der Waals surface area (Å²) in [7, 11) is 2.09. The molecule has 1 fully saturated rings. The number of halogens is 1. The highest BCUT2D eigenvalue weighted by atomic mass is 33.1. The molecule has 6 atom stereocenters. The van der Waals surface area contributed by atoms with Crippen molar-refractivity contribution in [1.29, 1.82) is 0 Å². The summed E-state index contributed by atoms with van der Waals surface area (Å²) in [5.41, 5.74) is -1.35. The van der Waals surface area contributed by atoms with Crippen LogP contribution in [0.3, 0.4) is 0 Å². The minimum Gasteiger partial charge on any atom is -0.349 e. The van der Waals surface area contributed by atoms with E-state index in [0.717, 1.165) is 23.5 Å². The molecule has 0 saturated carbocycles. The van der Waals surface area contributed by atoms with Crippen molar-refractivity contribution in [2.24, 2.45) is 0 Å². The van der Waals surface area contributed by atoms with Crippen molar-refractivity contribution in [3.63, 3.8) is 0 Å². The molecule has 12 heteroatoms. The molecule has 1 aliphatic heterocycles. The molecule has 1 aromatic rings. The van der Waals surface area contributed by atoms with Gasteiger partial charge in [0.25, 0.3) is 14.1 Å². The van der Waals surface area contributed by atoms with Crippen molar-refractivity contribution in [2.45, 2.75) is 122 Å². The SMILES string of the molecule is [2H]CC1OC(n2ccc(=O)[nH]c2=O)C(F)C1OP(OCCCC(C)SSC(C)(C)C)N(C(C)C)C(C)C. The van der Waals surface area contributed by atoms with E-state index in [4.69, 9.17) is 15.2 Å². The summed E-state index contributed by atoms with van der Waals surface area (Å²) in [6.45, 7) is 17.2. The lowest BCUT2D eigenvalue weighted by molar-refractivity contribution is -0.0180. The quantitative estimate of drug-likeness (QED) is 0.179. The van der Waals surface area contributed by atoms with Crippen LogP contribution in [0.1, 0.15) is 82.7 Å². The first-order valence-electron chi connectivity index (χ1n) is 13.1. The molecular weight excluding hydrogens is 524 g/mol. The van der Waals surface area contributed by atoms with Crippen LogP contribution in [0.2, 0.25) is 0 Å². The Kier molecular flexibility index (Phi) is 11.8. The molecule has 0 amide bonds. The average molecular weight is 569 g/mol. The Labute approximate surface area is 225 Å². The molecule has 0 spiro atoms. The number of aromatic amines is 1. The van der Waals surface area contributed by atoms with Gasteiger partial charge in [0.15, 0.2) is 12.4 Å². The van der Waals surface area contributed by atoms with Gasteiger partial charge in [-0.2, -0.15) is 0 Å². The van der Waals surface area contributed by atoms with Crippen molar-refractivity contribution < 1.29 is 19.5 Å². The summed E-state index contributed by atoms with van der Waals surface area (Å²) in [6.07, 6.45) is -1.99. The Bertz CT molecular complexity index is 940. The summed E-state index contributed by atoms with van der Waals surface area (Å²) in [5.74, 6) is 0. The fourth-order valence-electron chi connectivity index (χ4n) is 3.69. The Morgan fingerprint density at radius 1 is 1.28 bits per heavy atom. The molecule has 208 valence electrons. The van der Waals surface area contributed by atoms with Gasteiger partial charge in [-0.15, -0.1) is 0 Å². The van der Waals surface area contributed by atoms with E-state index in [9.17, 15) is 9.59 Å². The topological polar surface area (TPSA) is 85.8 Å². The second-order valence-corrected chi connectivity index (χ2v) is 15.4. The molecule has 36 heavy (non-hydrogen) atoms. The number of H-pyrrole nitrogens is 1. The highest BCUT2D eigenvalue weighted by Gasteiger charge is 2.47. The average Bonchev–Trinajstić information content (AvgIpc) is 3.09. The monoisotopic (exact) mass is 568 g/mol. The highest BCUT2D eigenvalue weighted by Crippen LogP contribution is 2.50. The molecule has 0 aromatic carbocycles. The van der Waals surface area contributed by atoms with E-state index >= 15 is 4.39 Å². The number of hydrogen-bond donors (Lipinski definition) is 1. The number of hydrogen-bond acceptors (Lipinski definition) is 8. The third-order valence-corrected chi connectivity index (χ3v) is 11.3. The fraction of sp³-hybridized carbons (Fsp3) is 0.833. The number of aromatic nitrogens is 2. The van der Waals surface area contributed by atoms with Gasteiger partial charge in [0, 0.05) is 35.7 Å². The molecule has 1 aliphatic rings. The molecule has 0 aliphatic carbocycles. The van der Waals surface area contributed by atoms with E-state index < -0.39 is 44.4 Å². The van der Waals surface area contributed by atoms with E-state index in [1.54, 1.807) is 0 Å². The predicted molar refractivity (Wildman–Crippen MR) is 149 cm³/mol. The largest absolute Gasteiger partial charge is 0.349 e. The van der Waals surface area contributed by atoms with Crippen molar-refractivity contribution in [3.05, 3.63) is 33.1 Å². The summed E-state index contributed by atoms with van der Waals surface area (Å²) in [5, 5.41) is 0.466. The molecule has 1 saturated heterocycles. The standard InChI is InChI=1S/C24H43FN3O5PS2/c1-15(2)28(16(3)4)34(31-14-10-11-17(5)35-36-24(7,8)9)33-21-18(6)32-22(20(21)25)27-13-12-19(29)26-23(27)30/h12-13,15-18,20-22H,10-11,14H2,1-9H3,(H,26,29,30)/i6D. The number of rotatable bonds is 13. The molecule has 1 N–H and O–H groups in total. The zero-order chi connectivity index (χ0) is 27.9. The lowest BCUT2D eigenvalue weighted by Gasteiger charge is -2.37. The molecular formula is C24H43FN3O5PS2. The molecule has 6 unspecified atom stereocenters. The second-order valence-electron chi connectivity index (χ2n) is 10.5. The van der Waals surface area contributed by atoms with Crippen molar-refractivity contribution in [1.82, 2.24) is 14.2 Å². The smallest absolute Gasteiger partial charge is 0.330 e. The van der Waals surface area contributed by atoms with Crippen LogP contribution in [0.25, 0.3) is 0 Å². The lowest BCUT2D eigenvalue weighted by atomic mass is 10.2. The minimum atomic E-state index is -1.72. The van der Waals surface area contributed by atoms with Gasteiger partial charge in [0.1, 0.15) is 6.10 Å². The Hall–Kier alpha value is -0.420. The summed E-state index contributed by atoms with van der Waals surface area (Å²) in [4.78, 5) is 25.8. The van der Waals surface area contributed by atoms with Crippen LogP contribution in [0, 0.1) is 0 Å². The lowest BCUT2D eigenvalue weighted by Crippen LogP contribution is -2.38. The number of alkyl halides is 1. The first-order chi connectivity index (χ1) is 17.2. The summed E-state index contributed by atoms with van der Waals surface area (Å²) >= 11 is 0. The summed E-state index contributed by atoms with van der Waals surface area (Å²) in [6, 6.07) is 1.29. The Balaban J connectivity index is 2.13. The normalized spacial score (nSPS) is 25.1. The second kappa shape index (κ2) is 14.1. The molecule has 8 nitrogen and oxygen atoms in total. The summed E-state index contributed by atoms with van der Waals surface area (Å²) < 4.78 is 45.2. The minimum absolute atomic E-state index is 0.0798. The van der Waals surface area contributed by atoms with E-state index in [1.165, 1.54) is 6.20 Å². The van der Waals surface area contributed by atoms with Gasteiger partial charge in [0.2, 0.25) is 0 Å². The van der Waals surface area contributed by atoms with Gasteiger partial charge in [0.05, 0.1) is 12.7 Å². The van der Waals surface area contributed by atoms with Crippen molar-refractivity contribution in [3.8, 4) is 0 Å². The van der Waals surface area contributed by atoms with E-state index in [-0.39, 0.29) is 23.7 Å². The predicted octanol–water partition coefficient (Wildman–Crippen LogP) is 5.89. The molecule has 0 radical (unpaired) electrons. The van der Waals surface area contributed by atoms with E-state index in [2.05, 4.69) is 37.3 Å². The van der Waals surface area contributed by atoms with Gasteiger partial charge in [-0.25, -0.2) is 13.9 Å². The van der Waals surface area contributed by atoms with Gasteiger partial charge in [-0.1, -0.05) is 49.3 Å². The third kappa shape index (κ3) is 9.40. The maximum absolute atomic E-state index is 15.7. The van der Waals surface area contributed by atoms with Crippen LogP contribution >= 0.6 is 30.1 Å². The highest BCUT2D eigenvalue weighted by molar-refractivity contribution is 8.77. The third-order valence-electron chi connectivity index (χ3n) is 5.27. The number of nitrogens with one attached hydrogen (secondary N) is 1. The van der Waals surface area contributed by atoms with Crippen LogP contribution in [0.5, 0.6) is 0 Å². The maximum atomic E-state index is 15.7.